The maximum atomic E-state index is 4.98. The number of aryl methyl sites for hydroxylation is 2. The summed E-state index contributed by atoms with van der Waals surface area (Å²) in [6.07, 6.45) is 0. The maximum absolute atomic E-state index is 4.98. The predicted molar refractivity (Wildman–Crippen MR) is 182 cm³/mol. The second-order valence-corrected chi connectivity index (χ2v) is 11.1. The highest BCUT2D eigenvalue weighted by molar-refractivity contribution is 5.73. The molecule has 0 unspecified atom stereocenters. The Hall–Kier alpha value is -5.67. The molecule has 0 atom stereocenters. The van der Waals surface area contributed by atoms with Crippen LogP contribution in [0.2, 0.25) is 0 Å². The third-order valence-corrected chi connectivity index (χ3v) is 7.83. The zero-order chi connectivity index (χ0) is 29.9. The van der Waals surface area contributed by atoms with Gasteiger partial charge in [0.15, 0.2) is 17.5 Å². The monoisotopic (exact) mass is 565 g/mol. The summed E-state index contributed by atoms with van der Waals surface area (Å²) in [5.41, 5.74) is 12.4. The molecule has 0 N–H and O–H groups in total. The van der Waals surface area contributed by atoms with E-state index in [2.05, 4.69) is 153 Å². The fourth-order valence-electron chi connectivity index (χ4n) is 5.60. The van der Waals surface area contributed by atoms with Crippen LogP contribution in [-0.2, 0) is 0 Å². The molecule has 3 heteroatoms. The van der Waals surface area contributed by atoms with Crippen LogP contribution in [0, 0.1) is 13.8 Å². The van der Waals surface area contributed by atoms with E-state index in [4.69, 9.17) is 15.0 Å². The van der Waals surface area contributed by atoms with Gasteiger partial charge in [0.05, 0.1) is 0 Å². The van der Waals surface area contributed by atoms with Crippen molar-refractivity contribution < 1.29 is 0 Å². The predicted octanol–water partition coefficient (Wildman–Crippen LogP) is 10.5. The smallest absolute Gasteiger partial charge is 0.164 e. The highest BCUT2D eigenvalue weighted by atomic mass is 15.0. The van der Waals surface area contributed by atoms with Crippen molar-refractivity contribution in [3.8, 4) is 67.5 Å². The molecule has 7 rings (SSSR count). The van der Waals surface area contributed by atoms with Gasteiger partial charge < -0.3 is 0 Å². The number of rotatable bonds is 6. The molecule has 0 amide bonds. The third-order valence-electron chi connectivity index (χ3n) is 7.83. The molecule has 0 saturated carbocycles. The van der Waals surface area contributed by atoms with Gasteiger partial charge >= 0.3 is 0 Å². The van der Waals surface area contributed by atoms with Crippen molar-refractivity contribution in [2.24, 2.45) is 0 Å². The summed E-state index contributed by atoms with van der Waals surface area (Å²) < 4.78 is 0. The van der Waals surface area contributed by atoms with Crippen LogP contribution < -0.4 is 0 Å². The summed E-state index contributed by atoms with van der Waals surface area (Å²) in [4.78, 5) is 14.9. The molecule has 0 bridgehead atoms. The Kier molecular flexibility index (Phi) is 7.35. The highest BCUT2D eigenvalue weighted by Gasteiger charge is 2.13. The Morgan fingerprint density at radius 3 is 0.886 bits per heavy atom. The van der Waals surface area contributed by atoms with Crippen LogP contribution in [0.25, 0.3) is 67.5 Å². The largest absolute Gasteiger partial charge is 0.208 e. The summed E-state index contributed by atoms with van der Waals surface area (Å²) in [5.74, 6) is 1.95. The van der Waals surface area contributed by atoms with Crippen LogP contribution in [0.4, 0.5) is 0 Å². The van der Waals surface area contributed by atoms with Crippen molar-refractivity contribution in [1.82, 2.24) is 15.0 Å². The lowest BCUT2D eigenvalue weighted by atomic mass is 9.99. The summed E-state index contributed by atoms with van der Waals surface area (Å²) in [7, 11) is 0. The molecule has 0 radical (unpaired) electrons. The lowest BCUT2D eigenvalue weighted by molar-refractivity contribution is 1.07. The van der Waals surface area contributed by atoms with Crippen LogP contribution in [0.1, 0.15) is 11.1 Å². The van der Waals surface area contributed by atoms with Gasteiger partial charge in [0, 0.05) is 16.7 Å². The molecule has 1 heterocycles. The molecule has 0 aliphatic heterocycles. The van der Waals surface area contributed by atoms with Crippen molar-refractivity contribution in [2.45, 2.75) is 13.8 Å². The Bertz CT molecular complexity index is 1910. The van der Waals surface area contributed by atoms with Crippen LogP contribution in [0.3, 0.4) is 0 Å². The minimum Gasteiger partial charge on any atom is -0.208 e. The maximum Gasteiger partial charge on any atom is 0.164 e. The SMILES string of the molecule is Cc1cc(C)cc(-c2ccc(-c3nc(-c4ccc(-c5ccccc5)cc4)nc(-c4ccc(-c5ccccc5)cc4)n3)cc2)c1. The summed E-state index contributed by atoms with van der Waals surface area (Å²) in [5, 5.41) is 0. The molecular weight excluding hydrogens is 534 g/mol. The summed E-state index contributed by atoms with van der Waals surface area (Å²) in [6, 6.07) is 52.8. The van der Waals surface area contributed by atoms with Crippen LogP contribution in [-0.4, -0.2) is 15.0 Å². The number of hydrogen-bond acceptors (Lipinski definition) is 3. The number of nitrogens with zero attached hydrogens (tertiary/aromatic N) is 3. The molecule has 0 saturated heterocycles. The van der Waals surface area contributed by atoms with Crippen molar-refractivity contribution in [1.29, 1.82) is 0 Å². The van der Waals surface area contributed by atoms with E-state index in [-0.39, 0.29) is 0 Å². The van der Waals surface area contributed by atoms with E-state index in [0.29, 0.717) is 17.5 Å². The first-order valence-corrected chi connectivity index (χ1v) is 14.9. The minimum absolute atomic E-state index is 0.648. The Balaban J connectivity index is 1.28. The molecule has 0 fully saturated rings. The molecular formula is C41H31N3. The first-order chi connectivity index (χ1) is 21.6. The van der Waals surface area contributed by atoms with E-state index < -0.39 is 0 Å². The van der Waals surface area contributed by atoms with Gasteiger partial charge in [0.1, 0.15) is 0 Å². The van der Waals surface area contributed by atoms with Gasteiger partial charge in [-0.05, 0) is 47.2 Å². The molecule has 0 aliphatic rings. The average Bonchev–Trinajstić information content (AvgIpc) is 3.09. The minimum atomic E-state index is 0.648. The zero-order valence-electron chi connectivity index (χ0n) is 24.8. The van der Waals surface area contributed by atoms with Gasteiger partial charge in [-0.2, -0.15) is 0 Å². The van der Waals surface area contributed by atoms with Crippen LogP contribution in [0.15, 0.2) is 152 Å². The van der Waals surface area contributed by atoms with E-state index >= 15 is 0 Å². The normalized spacial score (nSPS) is 11.0. The Labute approximate surface area is 258 Å². The Morgan fingerprint density at radius 2 is 0.545 bits per heavy atom. The van der Waals surface area contributed by atoms with E-state index in [1.54, 1.807) is 0 Å². The van der Waals surface area contributed by atoms with Gasteiger partial charge in [-0.15, -0.1) is 0 Å². The van der Waals surface area contributed by atoms with Crippen molar-refractivity contribution >= 4 is 0 Å². The molecule has 0 aliphatic carbocycles. The Morgan fingerprint density at radius 1 is 0.273 bits per heavy atom. The van der Waals surface area contributed by atoms with Crippen molar-refractivity contribution in [3.05, 3.63) is 163 Å². The molecule has 44 heavy (non-hydrogen) atoms. The van der Waals surface area contributed by atoms with Crippen molar-refractivity contribution in [2.75, 3.05) is 0 Å². The van der Waals surface area contributed by atoms with E-state index in [9.17, 15) is 0 Å². The molecule has 6 aromatic carbocycles. The van der Waals surface area contributed by atoms with Crippen molar-refractivity contribution in [3.63, 3.8) is 0 Å². The van der Waals surface area contributed by atoms with Gasteiger partial charge in [-0.3, -0.25) is 0 Å². The lowest BCUT2D eigenvalue weighted by Gasteiger charge is -2.11. The van der Waals surface area contributed by atoms with E-state index in [1.807, 2.05) is 12.1 Å². The molecule has 1 aromatic heterocycles. The topological polar surface area (TPSA) is 38.7 Å². The standard InChI is InChI=1S/C41H31N3/c1-28-25-29(2)27-38(26-28)34-17-23-37(24-18-34)41-43-39(35-19-13-32(14-20-35)30-9-5-3-6-10-30)42-40(44-41)36-21-15-33(16-22-36)31-11-7-4-8-12-31/h3-27H,1-2H3. The van der Waals surface area contributed by atoms with Gasteiger partial charge in [0.2, 0.25) is 0 Å². The molecule has 3 nitrogen and oxygen atoms in total. The molecule has 7 aromatic rings. The number of benzene rings is 6. The van der Waals surface area contributed by atoms with Crippen LogP contribution >= 0.6 is 0 Å². The van der Waals surface area contributed by atoms with Gasteiger partial charge in [-0.25, -0.2) is 15.0 Å². The average molecular weight is 566 g/mol. The third kappa shape index (κ3) is 5.81. The fraction of sp³-hybridized carbons (Fsp3) is 0.0488. The lowest BCUT2D eigenvalue weighted by Crippen LogP contribution is -2.00. The molecule has 0 spiro atoms. The van der Waals surface area contributed by atoms with Gasteiger partial charge in [-0.1, -0.05) is 163 Å². The first-order valence-electron chi connectivity index (χ1n) is 14.9. The van der Waals surface area contributed by atoms with Crippen LogP contribution in [0.5, 0.6) is 0 Å². The second kappa shape index (κ2) is 11.9. The van der Waals surface area contributed by atoms with E-state index in [1.165, 1.54) is 33.4 Å². The first kappa shape index (κ1) is 27.2. The summed E-state index contributed by atoms with van der Waals surface area (Å²) >= 11 is 0. The fourth-order valence-corrected chi connectivity index (χ4v) is 5.60. The zero-order valence-corrected chi connectivity index (χ0v) is 24.8. The number of hydrogen-bond donors (Lipinski definition) is 0. The highest BCUT2D eigenvalue weighted by Crippen LogP contribution is 2.30. The number of aromatic nitrogens is 3. The summed E-state index contributed by atoms with van der Waals surface area (Å²) in [6.45, 7) is 4.27. The quantitative estimate of drug-likeness (QED) is 0.201. The second-order valence-electron chi connectivity index (χ2n) is 11.1. The van der Waals surface area contributed by atoms with Gasteiger partial charge in [0.25, 0.3) is 0 Å². The van der Waals surface area contributed by atoms with E-state index in [0.717, 1.165) is 27.8 Å². The molecule has 210 valence electrons.